The van der Waals surface area contributed by atoms with Gasteiger partial charge in [-0.15, -0.1) is 0 Å². The lowest BCUT2D eigenvalue weighted by molar-refractivity contribution is -0.132. The molecule has 0 amide bonds. The van der Waals surface area contributed by atoms with Crippen LogP contribution in [0.25, 0.3) is 0 Å². The summed E-state index contributed by atoms with van der Waals surface area (Å²) in [5.41, 5.74) is -1.59. The summed E-state index contributed by atoms with van der Waals surface area (Å²) in [6, 6.07) is 0. The van der Waals surface area contributed by atoms with Crippen LogP contribution < -0.4 is 0 Å². The second-order valence-corrected chi connectivity index (χ2v) is 9.36. The molecule has 0 saturated carbocycles. The van der Waals surface area contributed by atoms with Gasteiger partial charge >= 0.3 is 23.9 Å². The zero-order valence-electron chi connectivity index (χ0n) is 19.8. The maximum atomic E-state index is 11.0. The van der Waals surface area contributed by atoms with Gasteiger partial charge < -0.3 is 20.4 Å². The lowest BCUT2D eigenvalue weighted by Gasteiger charge is -2.44. The molecule has 0 aromatic carbocycles. The zero-order chi connectivity index (χ0) is 25.8. The first-order chi connectivity index (χ1) is 14.4. The average Bonchev–Trinajstić information content (AvgIpc) is 2.60. The highest BCUT2D eigenvalue weighted by Crippen LogP contribution is 2.49. The van der Waals surface area contributed by atoms with E-state index in [0.29, 0.717) is 5.41 Å². The quantitative estimate of drug-likeness (QED) is 0.370. The van der Waals surface area contributed by atoms with Crippen molar-refractivity contribution in [1.29, 1.82) is 0 Å². The normalized spacial score (nSPS) is 15.5. The van der Waals surface area contributed by atoms with Crippen molar-refractivity contribution >= 4 is 23.9 Å². The van der Waals surface area contributed by atoms with Crippen LogP contribution in [0, 0.1) is 22.2 Å². The number of hydrogen-bond donors (Lipinski definition) is 4. The maximum absolute atomic E-state index is 11.0. The van der Waals surface area contributed by atoms with E-state index in [2.05, 4.69) is 27.7 Å². The van der Waals surface area contributed by atoms with Crippen molar-refractivity contribution in [1.82, 2.24) is 0 Å². The Morgan fingerprint density at radius 2 is 0.938 bits per heavy atom. The van der Waals surface area contributed by atoms with Gasteiger partial charge in [-0.25, -0.2) is 19.2 Å². The van der Waals surface area contributed by atoms with Gasteiger partial charge in [0, 0.05) is 35.6 Å². The van der Waals surface area contributed by atoms with Crippen LogP contribution in [0.15, 0.2) is 48.6 Å². The standard InChI is InChI=1S/C18H22O8.C6H14/c1-17(2,3)18(10-8-15(23)24,11-9-16(25)26)12(4-6-13(19)20)5-7-14(21)22;1-5-6(2,3)4/h4-12H,1-3H3,(H,19,20)(H,21,22)(H,23,24)(H,25,26);5H2,1-4H3. The van der Waals surface area contributed by atoms with Gasteiger partial charge in [0.15, 0.2) is 0 Å². The highest BCUT2D eigenvalue weighted by atomic mass is 16.4. The SMILES string of the molecule is CC(C)(C)C(C=CC(=O)O)(C=CC(=O)O)C(C=CC(=O)O)C=CC(=O)O.CCC(C)(C)C. The van der Waals surface area contributed by atoms with Crippen molar-refractivity contribution in [2.45, 2.75) is 54.9 Å². The summed E-state index contributed by atoms with van der Waals surface area (Å²) in [6.07, 6.45) is 9.32. The van der Waals surface area contributed by atoms with Crippen LogP contribution in [0.5, 0.6) is 0 Å². The van der Waals surface area contributed by atoms with E-state index in [1.165, 1.54) is 30.7 Å². The van der Waals surface area contributed by atoms with Crippen molar-refractivity contribution in [3.63, 3.8) is 0 Å². The van der Waals surface area contributed by atoms with Gasteiger partial charge in [0.1, 0.15) is 0 Å². The van der Waals surface area contributed by atoms with Gasteiger partial charge in [0.05, 0.1) is 0 Å². The fraction of sp³-hybridized carbons (Fsp3) is 0.500. The molecule has 0 fully saturated rings. The van der Waals surface area contributed by atoms with Crippen LogP contribution in [0.1, 0.15) is 54.9 Å². The van der Waals surface area contributed by atoms with Crippen molar-refractivity contribution in [2.24, 2.45) is 22.2 Å². The first kappa shape index (κ1) is 31.0. The molecule has 0 aromatic heterocycles. The Labute approximate surface area is 189 Å². The minimum atomic E-state index is -1.33. The Morgan fingerprint density at radius 1 is 0.656 bits per heavy atom. The predicted octanol–water partition coefficient (Wildman–Crippen LogP) is 4.64. The van der Waals surface area contributed by atoms with Gasteiger partial charge in [-0.2, -0.15) is 0 Å². The van der Waals surface area contributed by atoms with Gasteiger partial charge in [-0.1, -0.05) is 79.2 Å². The third kappa shape index (κ3) is 13.2. The average molecular weight is 453 g/mol. The smallest absolute Gasteiger partial charge is 0.328 e. The van der Waals surface area contributed by atoms with Gasteiger partial charge in [-0.05, 0) is 10.8 Å². The third-order valence-electron chi connectivity index (χ3n) is 4.81. The van der Waals surface area contributed by atoms with Crippen molar-refractivity contribution in [3.8, 4) is 0 Å². The molecule has 8 heteroatoms. The summed E-state index contributed by atoms with van der Waals surface area (Å²) in [7, 11) is 0. The van der Waals surface area contributed by atoms with E-state index in [9.17, 15) is 19.2 Å². The summed E-state index contributed by atoms with van der Waals surface area (Å²) in [4.78, 5) is 43.8. The maximum Gasteiger partial charge on any atom is 0.328 e. The molecule has 0 aliphatic heterocycles. The highest BCUT2D eigenvalue weighted by molar-refractivity contribution is 5.82. The van der Waals surface area contributed by atoms with E-state index < -0.39 is 40.6 Å². The lowest BCUT2D eigenvalue weighted by Crippen LogP contribution is -2.38. The largest absolute Gasteiger partial charge is 0.478 e. The Balaban J connectivity index is 0. The molecule has 32 heavy (non-hydrogen) atoms. The second kappa shape index (κ2) is 13.3. The van der Waals surface area contributed by atoms with E-state index in [-0.39, 0.29) is 0 Å². The fourth-order valence-corrected chi connectivity index (χ4v) is 2.45. The Morgan fingerprint density at radius 3 is 1.12 bits per heavy atom. The first-order valence-corrected chi connectivity index (χ1v) is 10.0. The monoisotopic (exact) mass is 452 g/mol. The molecular formula is C24H36O8. The van der Waals surface area contributed by atoms with Crippen molar-refractivity contribution < 1.29 is 39.6 Å². The molecule has 0 saturated heterocycles. The molecule has 0 bridgehead atoms. The Bertz CT molecular complexity index is 723. The molecule has 0 unspecified atom stereocenters. The topological polar surface area (TPSA) is 149 Å². The van der Waals surface area contributed by atoms with Crippen LogP contribution in [0.3, 0.4) is 0 Å². The molecule has 0 spiro atoms. The summed E-state index contributed by atoms with van der Waals surface area (Å²) >= 11 is 0. The van der Waals surface area contributed by atoms with E-state index in [1.807, 2.05) is 0 Å². The molecular weight excluding hydrogens is 416 g/mol. The number of carboxylic acid groups (broad SMARTS) is 4. The van der Waals surface area contributed by atoms with Gasteiger partial charge in [0.25, 0.3) is 0 Å². The number of carbonyl (C=O) groups is 4. The first-order valence-electron chi connectivity index (χ1n) is 10.0. The van der Waals surface area contributed by atoms with Crippen LogP contribution in [0.2, 0.25) is 0 Å². The molecule has 0 aromatic rings. The molecule has 0 heterocycles. The Hall–Kier alpha value is -3.16. The molecule has 180 valence electrons. The number of allylic oxidation sites excluding steroid dienone is 4. The molecule has 0 radical (unpaired) electrons. The third-order valence-corrected chi connectivity index (χ3v) is 4.81. The lowest BCUT2D eigenvalue weighted by atomic mass is 9.59. The molecule has 8 nitrogen and oxygen atoms in total. The van der Waals surface area contributed by atoms with Gasteiger partial charge in [0.2, 0.25) is 0 Å². The number of hydrogen-bond acceptors (Lipinski definition) is 4. The summed E-state index contributed by atoms with van der Waals surface area (Å²) in [5.74, 6) is -6.09. The molecule has 4 N–H and O–H groups in total. The van der Waals surface area contributed by atoms with E-state index in [1.54, 1.807) is 20.8 Å². The predicted molar refractivity (Wildman–Crippen MR) is 122 cm³/mol. The molecule has 0 rings (SSSR count). The minimum absolute atomic E-state index is 0.542. The summed E-state index contributed by atoms with van der Waals surface area (Å²) < 4.78 is 0. The minimum Gasteiger partial charge on any atom is -0.478 e. The zero-order valence-corrected chi connectivity index (χ0v) is 19.8. The van der Waals surface area contributed by atoms with E-state index in [4.69, 9.17) is 20.4 Å². The number of rotatable bonds is 9. The molecule has 0 aliphatic rings. The Kier molecular flexibility index (Phi) is 12.9. The van der Waals surface area contributed by atoms with Crippen LogP contribution >= 0.6 is 0 Å². The molecule has 0 aliphatic carbocycles. The van der Waals surface area contributed by atoms with Crippen molar-refractivity contribution in [2.75, 3.05) is 0 Å². The number of aliphatic carboxylic acids is 4. The van der Waals surface area contributed by atoms with E-state index >= 15 is 0 Å². The summed E-state index contributed by atoms with van der Waals surface area (Å²) in [5, 5.41) is 35.8. The number of carboxylic acids is 4. The van der Waals surface area contributed by atoms with Gasteiger partial charge in [-0.3, -0.25) is 0 Å². The van der Waals surface area contributed by atoms with Crippen molar-refractivity contribution in [3.05, 3.63) is 48.6 Å². The fourth-order valence-electron chi connectivity index (χ4n) is 2.45. The molecule has 0 atom stereocenters. The highest BCUT2D eigenvalue weighted by Gasteiger charge is 2.42. The van der Waals surface area contributed by atoms with E-state index in [0.717, 1.165) is 24.3 Å². The van der Waals surface area contributed by atoms with Crippen LogP contribution in [-0.4, -0.2) is 44.3 Å². The van der Waals surface area contributed by atoms with Crippen LogP contribution in [-0.2, 0) is 19.2 Å². The second-order valence-electron chi connectivity index (χ2n) is 9.36. The summed E-state index contributed by atoms with van der Waals surface area (Å²) in [6.45, 7) is 14.0. The van der Waals surface area contributed by atoms with Crippen LogP contribution in [0.4, 0.5) is 0 Å².